The summed E-state index contributed by atoms with van der Waals surface area (Å²) in [5.74, 6) is 1.62. The predicted molar refractivity (Wildman–Crippen MR) is 69.0 cm³/mol. The van der Waals surface area contributed by atoms with Gasteiger partial charge in [0.05, 0.1) is 13.7 Å². The van der Waals surface area contributed by atoms with Gasteiger partial charge in [-0.1, -0.05) is 19.9 Å². The smallest absolute Gasteiger partial charge is 0.212 e. The van der Waals surface area contributed by atoms with E-state index < -0.39 is 0 Å². The molecule has 0 amide bonds. The first-order valence-corrected chi connectivity index (χ1v) is 5.64. The van der Waals surface area contributed by atoms with E-state index in [1.165, 1.54) is 0 Å². The third-order valence-corrected chi connectivity index (χ3v) is 2.13. The van der Waals surface area contributed by atoms with Gasteiger partial charge in [0.2, 0.25) is 5.88 Å². The highest BCUT2D eigenvalue weighted by atomic mass is 16.5. The van der Waals surface area contributed by atoms with Gasteiger partial charge >= 0.3 is 0 Å². The average Bonchev–Trinajstić information content (AvgIpc) is 2.34. The summed E-state index contributed by atoms with van der Waals surface area (Å²) in [6.45, 7) is 5.59. The first kappa shape index (κ1) is 13.3. The zero-order valence-corrected chi connectivity index (χ0v) is 10.6. The van der Waals surface area contributed by atoms with Gasteiger partial charge in [-0.15, -0.1) is 0 Å². The molecule has 0 saturated heterocycles. The summed E-state index contributed by atoms with van der Waals surface area (Å²) in [6, 6.07) is 3.73. The second kappa shape index (κ2) is 6.73. The summed E-state index contributed by atoms with van der Waals surface area (Å²) in [5, 5.41) is 3.06. The van der Waals surface area contributed by atoms with Gasteiger partial charge in [-0.2, -0.15) is 0 Å². The fourth-order valence-electron chi connectivity index (χ4n) is 1.17. The van der Waals surface area contributed by atoms with Crippen LogP contribution in [0.5, 0.6) is 5.88 Å². The molecular formula is C12H20N4O. The molecular weight excluding hydrogens is 216 g/mol. The van der Waals surface area contributed by atoms with E-state index in [-0.39, 0.29) is 0 Å². The monoisotopic (exact) mass is 236 g/mol. The molecule has 0 saturated carbocycles. The van der Waals surface area contributed by atoms with E-state index in [4.69, 9.17) is 10.5 Å². The van der Waals surface area contributed by atoms with Crippen molar-refractivity contribution in [1.82, 2.24) is 10.3 Å². The third kappa shape index (κ3) is 5.19. The molecule has 1 rings (SSSR count). The topological polar surface area (TPSA) is 72.5 Å². The maximum atomic E-state index is 5.72. The molecule has 0 aliphatic heterocycles. The Hall–Kier alpha value is -1.78. The maximum absolute atomic E-state index is 5.72. The average molecular weight is 236 g/mol. The van der Waals surface area contributed by atoms with Crippen LogP contribution in [0.2, 0.25) is 0 Å². The summed E-state index contributed by atoms with van der Waals surface area (Å²) in [4.78, 5) is 8.32. The molecule has 0 aliphatic carbocycles. The molecule has 0 atom stereocenters. The lowest BCUT2D eigenvalue weighted by Gasteiger charge is -2.07. The van der Waals surface area contributed by atoms with E-state index in [1.807, 2.05) is 12.1 Å². The van der Waals surface area contributed by atoms with Crippen LogP contribution in [0, 0.1) is 5.92 Å². The summed E-state index contributed by atoms with van der Waals surface area (Å²) in [5.41, 5.74) is 6.72. The number of methoxy groups -OCH3 is 1. The van der Waals surface area contributed by atoms with Crippen molar-refractivity contribution < 1.29 is 4.74 Å². The first-order valence-electron chi connectivity index (χ1n) is 5.64. The highest BCUT2D eigenvalue weighted by molar-refractivity contribution is 5.77. The number of hydrogen-bond donors (Lipinski definition) is 2. The van der Waals surface area contributed by atoms with Gasteiger partial charge in [0.1, 0.15) is 0 Å². The van der Waals surface area contributed by atoms with Crippen LogP contribution < -0.4 is 15.8 Å². The van der Waals surface area contributed by atoms with Crippen molar-refractivity contribution in [2.75, 3.05) is 13.7 Å². The molecule has 0 spiro atoms. The number of aliphatic imine (C=N–C) groups is 1. The van der Waals surface area contributed by atoms with Gasteiger partial charge in [0.25, 0.3) is 0 Å². The van der Waals surface area contributed by atoms with Gasteiger partial charge in [-0.25, -0.2) is 9.98 Å². The minimum Gasteiger partial charge on any atom is -0.481 e. The maximum Gasteiger partial charge on any atom is 0.212 e. The number of guanidine groups is 1. The molecule has 1 heterocycles. The van der Waals surface area contributed by atoms with Crippen molar-refractivity contribution >= 4 is 5.96 Å². The van der Waals surface area contributed by atoms with Crippen LogP contribution in [0.3, 0.4) is 0 Å². The van der Waals surface area contributed by atoms with Crippen LogP contribution in [0.1, 0.15) is 19.4 Å². The first-order chi connectivity index (χ1) is 8.11. The minimum atomic E-state index is 0.467. The van der Waals surface area contributed by atoms with Gasteiger partial charge < -0.3 is 15.8 Å². The zero-order chi connectivity index (χ0) is 12.7. The molecule has 0 fully saturated rings. The van der Waals surface area contributed by atoms with E-state index in [2.05, 4.69) is 29.1 Å². The number of aromatic nitrogens is 1. The van der Waals surface area contributed by atoms with E-state index in [1.54, 1.807) is 13.3 Å². The number of ether oxygens (including phenoxy) is 1. The molecule has 1 aromatic rings. The Bertz CT molecular complexity index is 359. The van der Waals surface area contributed by atoms with Crippen LogP contribution in [-0.2, 0) is 6.54 Å². The van der Waals surface area contributed by atoms with Crippen molar-refractivity contribution in [1.29, 1.82) is 0 Å². The van der Waals surface area contributed by atoms with Crippen LogP contribution >= 0.6 is 0 Å². The van der Waals surface area contributed by atoms with Gasteiger partial charge in [-0.05, 0) is 11.5 Å². The lowest BCUT2D eigenvalue weighted by atomic mass is 10.2. The Morgan fingerprint density at radius 1 is 1.53 bits per heavy atom. The number of nitrogens with one attached hydrogen (secondary N) is 1. The number of nitrogens with two attached hydrogens (primary N) is 1. The summed E-state index contributed by atoms with van der Waals surface area (Å²) < 4.78 is 4.98. The molecule has 3 N–H and O–H groups in total. The summed E-state index contributed by atoms with van der Waals surface area (Å²) >= 11 is 0. The molecule has 0 unspecified atom stereocenters. The Morgan fingerprint density at radius 3 is 2.82 bits per heavy atom. The molecule has 1 aromatic heterocycles. The number of rotatable bonds is 5. The van der Waals surface area contributed by atoms with Crippen molar-refractivity contribution in [3.8, 4) is 5.88 Å². The number of pyridine rings is 1. The highest BCUT2D eigenvalue weighted by Crippen LogP contribution is 2.07. The second-order valence-corrected chi connectivity index (χ2v) is 4.19. The minimum absolute atomic E-state index is 0.467. The molecule has 94 valence electrons. The largest absolute Gasteiger partial charge is 0.481 e. The summed E-state index contributed by atoms with van der Waals surface area (Å²) in [6.07, 6.45) is 1.73. The van der Waals surface area contributed by atoms with Crippen molar-refractivity contribution in [3.05, 3.63) is 23.9 Å². The predicted octanol–water partition coefficient (Wildman–Crippen LogP) is 1.15. The van der Waals surface area contributed by atoms with E-state index in [9.17, 15) is 0 Å². The van der Waals surface area contributed by atoms with Crippen molar-refractivity contribution in [3.63, 3.8) is 0 Å². The molecule has 17 heavy (non-hydrogen) atoms. The van der Waals surface area contributed by atoms with Crippen molar-refractivity contribution in [2.24, 2.45) is 16.6 Å². The lowest BCUT2D eigenvalue weighted by molar-refractivity contribution is 0.397. The van der Waals surface area contributed by atoms with E-state index in [0.29, 0.717) is 24.3 Å². The summed E-state index contributed by atoms with van der Waals surface area (Å²) in [7, 11) is 1.59. The normalized spacial score (nSPS) is 11.6. The van der Waals surface area contributed by atoms with E-state index in [0.717, 1.165) is 12.1 Å². The Labute approximate surface area is 102 Å². The molecule has 0 radical (unpaired) electrons. The van der Waals surface area contributed by atoms with E-state index >= 15 is 0 Å². The Kier molecular flexibility index (Phi) is 5.26. The van der Waals surface area contributed by atoms with Gasteiger partial charge in [0, 0.05) is 18.8 Å². The molecule has 0 aromatic carbocycles. The number of hydrogen-bond acceptors (Lipinski definition) is 3. The second-order valence-electron chi connectivity index (χ2n) is 4.19. The fourth-order valence-corrected chi connectivity index (χ4v) is 1.17. The van der Waals surface area contributed by atoms with Gasteiger partial charge in [0.15, 0.2) is 5.96 Å². The van der Waals surface area contributed by atoms with Crippen LogP contribution in [0.25, 0.3) is 0 Å². The Balaban J connectivity index is 2.45. The van der Waals surface area contributed by atoms with Gasteiger partial charge in [-0.3, -0.25) is 0 Å². The number of nitrogens with zero attached hydrogens (tertiary/aromatic N) is 2. The molecule has 0 bridgehead atoms. The molecule has 5 nitrogen and oxygen atoms in total. The van der Waals surface area contributed by atoms with Crippen molar-refractivity contribution in [2.45, 2.75) is 20.4 Å². The molecule has 5 heteroatoms. The molecule has 0 aliphatic rings. The lowest BCUT2D eigenvalue weighted by Crippen LogP contribution is -2.34. The van der Waals surface area contributed by atoms with Crippen LogP contribution in [-0.4, -0.2) is 24.6 Å². The Morgan fingerprint density at radius 2 is 2.29 bits per heavy atom. The third-order valence-electron chi connectivity index (χ3n) is 2.13. The quantitative estimate of drug-likeness (QED) is 0.594. The fraction of sp³-hybridized carbons (Fsp3) is 0.500. The van der Waals surface area contributed by atoms with Crippen LogP contribution in [0.15, 0.2) is 23.3 Å². The zero-order valence-electron chi connectivity index (χ0n) is 10.6. The van der Waals surface area contributed by atoms with Crippen LogP contribution in [0.4, 0.5) is 0 Å². The SMILES string of the molecule is COc1ccc(CN=C(N)NCC(C)C)cn1. The standard InChI is InChI=1S/C12H20N4O/c1-9(2)6-15-12(13)16-8-10-4-5-11(17-3)14-7-10/h4-5,7,9H,6,8H2,1-3H3,(H3,13,15,16). The highest BCUT2D eigenvalue weighted by Gasteiger charge is 1.97.